The first-order valence-corrected chi connectivity index (χ1v) is 6.46. The van der Waals surface area contributed by atoms with Crippen molar-refractivity contribution < 1.29 is 14.0 Å². The molecule has 2 rings (SSSR count). The van der Waals surface area contributed by atoms with E-state index < -0.39 is 7.60 Å². The third-order valence-corrected chi connectivity index (χ3v) is 3.47. The molecule has 2 aromatic rings. The molecule has 0 amide bonds. The lowest BCUT2D eigenvalue weighted by Crippen LogP contribution is -1.93. The Bertz CT molecular complexity index is 520. The van der Waals surface area contributed by atoms with E-state index >= 15 is 0 Å². The van der Waals surface area contributed by atoms with Crippen molar-refractivity contribution in [2.24, 2.45) is 0 Å². The van der Waals surface area contributed by atoms with E-state index in [2.05, 4.69) is 4.98 Å². The van der Waals surface area contributed by atoms with Crippen LogP contribution in [-0.4, -0.2) is 16.0 Å². The predicted molar refractivity (Wildman–Crippen MR) is 59.3 cm³/mol. The van der Waals surface area contributed by atoms with E-state index in [4.69, 9.17) is 4.52 Å². The normalized spacial score (nSPS) is 15.1. The molecule has 0 aliphatic heterocycles. The Hall–Kier alpha value is -1.25. The van der Waals surface area contributed by atoms with E-state index in [9.17, 15) is 9.46 Å². The van der Waals surface area contributed by atoms with Gasteiger partial charge in [0.25, 0.3) is 0 Å². The van der Waals surface area contributed by atoms with Gasteiger partial charge in [0.05, 0.1) is 6.16 Å². The first kappa shape index (κ1) is 10.3. The van der Waals surface area contributed by atoms with Gasteiger partial charge in [-0.3, -0.25) is 0 Å². The number of benzene rings is 1. The number of rotatable bonds is 3. The zero-order valence-electron chi connectivity index (χ0n) is 8.30. The van der Waals surface area contributed by atoms with Crippen LogP contribution in [0.5, 0.6) is 5.75 Å². The Morgan fingerprint density at radius 1 is 1.47 bits per heavy atom. The lowest BCUT2D eigenvalue weighted by molar-refractivity contribution is 0.383. The number of hydrogen-bond donors (Lipinski definition) is 2. The molecule has 0 saturated heterocycles. The van der Waals surface area contributed by atoms with Crippen LogP contribution in [0.1, 0.15) is 6.92 Å². The zero-order valence-corrected chi connectivity index (χ0v) is 9.20. The molecule has 0 aliphatic rings. The molecule has 0 fully saturated rings. The van der Waals surface area contributed by atoms with Crippen LogP contribution in [0.15, 0.2) is 30.5 Å². The average molecular weight is 225 g/mol. The van der Waals surface area contributed by atoms with Gasteiger partial charge < -0.3 is 14.4 Å². The molecule has 1 unspecified atom stereocenters. The summed E-state index contributed by atoms with van der Waals surface area (Å²) in [4.78, 5) is 12.4. The largest absolute Gasteiger partial charge is 0.422 e. The second-order valence-electron chi connectivity index (χ2n) is 3.24. The highest BCUT2D eigenvalue weighted by molar-refractivity contribution is 7.53. The smallest absolute Gasteiger partial charge is 0.376 e. The van der Waals surface area contributed by atoms with Crippen molar-refractivity contribution in [2.45, 2.75) is 6.92 Å². The van der Waals surface area contributed by atoms with E-state index in [1.165, 1.54) is 0 Å². The average Bonchev–Trinajstić information content (AvgIpc) is 2.62. The number of aromatic amines is 1. The van der Waals surface area contributed by atoms with Gasteiger partial charge in [-0.2, -0.15) is 0 Å². The molecule has 0 radical (unpaired) electrons. The molecule has 15 heavy (non-hydrogen) atoms. The van der Waals surface area contributed by atoms with Gasteiger partial charge in [0.15, 0.2) is 5.75 Å². The molecular weight excluding hydrogens is 213 g/mol. The Balaban J connectivity index is 2.41. The second kappa shape index (κ2) is 3.72. The van der Waals surface area contributed by atoms with Gasteiger partial charge in [0.2, 0.25) is 0 Å². The maximum atomic E-state index is 11.4. The molecule has 1 aromatic carbocycles. The summed E-state index contributed by atoms with van der Waals surface area (Å²) in [5.74, 6) is 0.429. The highest BCUT2D eigenvalue weighted by Gasteiger charge is 2.19. The first-order valence-electron chi connectivity index (χ1n) is 4.70. The summed E-state index contributed by atoms with van der Waals surface area (Å²) in [7, 11) is -3.49. The second-order valence-corrected chi connectivity index (χ2v) is 5.33. The fraction of sp³-hybridized carbons (Fsp3) is 0.200. The molecule has 0 saturated carbocycles. The first-order chi connectivity index (χ1) is 7.12. The maximum Gasteiger partial charge on any atom is 0.376 e. The molecule has 1 heterocycles. The summed E-state index contributed by atoms with van der Waals surface area (Å²) in [5.41, 5.74) is 0.892. The highest BCUT2D eigenvalue weighted by atomic mass is 31.2. The summed E-state index contributed by atoms with van der Waals surface area (Å²) in [5, 5.41) is 0.820. The van der Waals surface area contributed by atoms with Crippen LogP contribution in [0.4, 0.5) is 0 Å². The number of hydrogen-bond acceptors (Lipinski definition) is 2. The van der Waals surface area contributed by atoms with Crippen molar-refractivity contribution >= 4 is 18.5 Å². The highest BCUT2D eigenvalue weighted by Crippen LogP contribution is 2.44. The molecule has 0 spiro atoms. The molecular formula is C10H12NO3P. The van der Waals surface area contributed by atoms with Gasteiger partial charge in [0.1, 0.15) is 0 Å². The van der Waals surface area contributed by atoms with Crippen molar-refractivity contribution in [1.29, 1.82) is 0 Å². The molecule has 0 bridgehead atoms. The minimum Gasteiger partial charge on any atom is -0.422 e. The van der Waals surface area contributed by atoms with E-state index in [1.54, 1.807) is 13.1 Å². The van der Waals surface area contributed by atoms with Gasteiger partial charge >= 0.3 is 7.60 Å². The Morgan fingerprint density at radius 3 is 2.93 bits per heavy atom. The Morgan fingerprint density at radius 2 is 2.20 bits per heavy atom. The predicted octanol–water partition coefficient (Wildman–Crippen LogP) is 2.75. The van der Waals surface area contributed by atoms with Crippen molar-refractivity contribution in [3.8, 4) is 5.75 Å². The summed E-state index contributed by atoms with van der Waals surface area (Å²) in [6.07, 6.45) is 1.70. The molecule has 80 valence electrons. The van der Waals surface area contributed by atoms with Gasteiger partial charge in [-0.15, -0.1) is 0 Å². The lowest BCUT2D eigenvalue weighted by Gasteiger charge is -2.09. The van der Waals surface area contributed by atoms with Gasteiger partial charge in [-0.05, 0) is 12.1 Å². The summed E-state index contributed by atoms with van der Waals surface area (Å²) in [6, 6.07) is 7.48. The molecule has 1 atom stereocenters. The van der Waals surface area contributed by atoms with E-state index in [0.717, 1.165) is 10.9 Å². The van der Waals surface area contributed by atoms with E-state index in [0.29, 0.717) is 5.75 Å². The lowest BCUT2D eigenvalue weighted by atomic mass is 10.2. The topological polar surface area (TPSA) is 62.3 Å². The van der Waals surface area contributed by atoms with Gasteiger partial charge in [0, 0.05) is 17.1 Å². The van der Waals surface area contributed by atoms with Crippen molar-refractivity contribution in [3.63, 3.8) is 0 Å². The summed E-state index contributed by atoms with van der Waals surface area (Å²) >= 11 is 0. The van der Waals surface area contributed by atoms with Crippen LogP contribution >= 0.6 is 7.60 Å². The molecule has 2 N–H and O–H groups in total. The maximum absolute atomic E-state index is 11.4. The van der Waals surface area contributed by atoms with E-state index in [1.807, 2.05) is 24.3 Å². The number of nitrogens with one attached hydrogen (secondary N) is 1. The third-order valence-electron chi connectivity index (χ3n) is 2.19. The van der Waals surface area contributed by atoms with Crippen LogP contribution in [0.2, 0.25) is 0 Å². The number of fused-ring (bicyclic) bond motifs is 1. The number of para-hydroxylation sites is 1. The van der Waals surface area contributed by atoms with Crippen molar-refractivity contribution in [3.05, 3.63) is 30.5 Å². The zero-order chi connectivity index (χ0) is 10.9. The van der Waals surface area contributed by atoms with Crippen molar-refractivity contribution in [2.75, 3.05) is 6.16 Å². The fourth-order valence-corrected chi connectivity index (χ4v) is 1.93. The number of H-pyrrole nitrogens is 1. The fourth-order valence-electron chi connectivity index (χ4n) is 1.34. The molecule has 0 aliphatic carbocycles. The van der Waals surface area contributed by atoms with Crippen LogP contribution in [0.3, 0.4) is 0 Å². The SMILES string of the molecule is CCP(=O)(O)Oc1c[nH]c2ccccc12. The summed E-state index contributed by atoms with van der Waals surface area (Å²) in [6.45, 7) is 1.62. The van der Waals surface area contributed by atoms with Gasteiger partial charge in [-0.25, -0.2) is 4.57 Å². The van der Waals surface area contributed by atoms with Crippen LogP contribution in [0, 0.1) is 0 Å². The van der Waals surface area contributed by atoms with Crippen LogP contribution in [-0.2, 0) is 4.57 Å². The van der Waals surface area contributed by atoms with Crippen LogP contribution < -0.4 is 4.52 Å². The third kappa shape index (κ3) is 2.06. The molecule has 4 nitrogen and oxygen atoms in total. The standard InChI is InChI=1S/C10H12NO3P/c1-2-15(12,13)14-10-7-11-9-6-4-3-5-8(9)10/h3-7,11H,2H2,1H3,(H,12,13). The summed E-state index contributed by atoms with van der Waals surface area (Å²) < 4.78 is 16.5. The number of aromatic nitrogens is 1. The Labute approximate surface area is 87.4 Å². The monoisotopic (exact) mass is 225 g/mol. The van der Waals surface area contributed by atoms with Gasteiger partial charge in [-0.1, -0.05) is 19.1 Å². The minimum atomic E-state index is -3.49. The minimum absolute atomic E-state index is 0.104. The molecule has 5 heteroatoms. The van der Waals surface area contributed by atoms with E-state index in [-0.39, 0.29) is 6.16 Å². The molecule has 1 aromatic heterocycles. The van der Waals surface area contributed by atoms with Crippen molar-refractivity contribution in [1.82, 2.24) is 4.98 Å². The van der Waals surface area contributed by atoms with Crippen LogP contribution in [0.25, 0.3) is 10.9 Å². The Kier molecular flexibility index (Phi) is 2.55. The quantitative estimate of drug-likeness (QED) is 0.789.